The molecule has 16 heteroatoms. The summed E-state index contributed by atoms with van der Waals surface area (Å²) < 4.78 is 36.3. The third kappa shape index (κ3) is 7.20. The lowest BCUT2D eigenvalue weighted by molar-refractivity contribution is -0.394. The van der Waals surface area contributed by atoms with Crippen LogP contribution in [0.3, 0.4) is 0 Å². The average molecular weight is 785 g/mol. The molecular formula is C39H60O16. The van der Waals surface area contributed by atoms with Gasteiger partial charge in [-0.15, -0.1) is 0 Å². The summed E-state index contributed by atoms with van der Waals surface area (Å²) in [6, 6.07) is 0. The van der Waals surface area contributed by atoms with E-state index in [-0.39, 0.29) is 16.6 Å². The molecule has 0 radical (unpaired) electrons. The highest BCUT2D eigenvalue weighted by Gasteiger charge is 2.59. The summed E-state index contributed by atoms with van der Waals surface area (Å²) in [5.41, 5.74) is 2.05. The molecule has 0 amide bonds. The number of allylic oxidation sites excluding steroid dienone is 3. The standard InChI is InChI=1S/C39H60O16/c1-16(42)21-7-8-22-20-6-5-18-13-19(9-11-38(18,3)23(20)10-12-39(21,22)4)51-37-34(55-35-31(48)29(46)26(43)17(2)50-35)33(28(45)25(15-41)53-37)54-36-32(49)30(47)27(44)24(14-40)52-36/h5,7,17,19-20,22-37,40-41,43-49H,6,8-15H2,1-4H3/t17-,19-,20-,22-,23-,24+,25+,26-,27+,28+,29+,30-,31+,32+,33-,34+,35-,36-,37+,38-,39+/m0/s1. The van der Waals surface area contributed by atoms with Gasteiger partial charge in [0.05, 0.1) is 25.4 Å². The Labute approximate surface area is 320 Å². The second-order valence-electron chi connectivity index (χ2n) is 17.4. The van der Waals surface area contributed by atoms with Gasteiger partial charge >= 0.3 is 0 Å². The Morgan fingerprint density at radius 3 is 1.96 bits per heavy atom. The van der Waals surface area contributed by atoms with Crippen molar-refractivity contribution in [1.82, 2.24) is 0 Å². The van der Waals surface area contributed by atoms with Gasteiger partial charge in [0.1, 0.15) is 67.1 Å². The second kappa shape index (κ2) is 16.0. The molecule has 3 heterocycles. The van der Waals surface area contributed by atoms with E-state index in [9.17, 15) is 50.8 Å². The molecular weight excluding hydrogens is 724 g/mol. The Bertz CT molecular complexity index is 1460. The molecule has 16 nitrogen and oxygen atoms in total. The van der Waals surface area contributed by atoms with Crippen molar-refractivity contribution < 1.29 is 79.2 Å². The normalized spacial score (nSPS) is 52.7. The maximum Gasteiger partial charge on any atom is 0.187 e. The molecule has 0 spiro atoms. The summed E-state index contributed by atoms with van der Waals surface area (Å²) in [5, 5.41) is 95.0. The van der Waals surface area contributed by atoms with Crippen molar-refractivity contribution in [3.05, 3.63) is 23.3 Å². The van der Waals surface area contributed by atoms with Gasteiger partial charge in [-0.3, -0.25) is 4.79 Å². The van der Waals surface area contributed by atoms with Crippen molar-refractivity contribution in [2.24, 2.45) is 28.6 Å². The van der Waals surface area contributed by atoms with Crippen molar-refractivity contribution in [1.29, 1.82) is 0 Å². The summed E-state index contributed by atoms with van der Waals surface area (Å²) in [4.78, 5) is 12.6. The number of Topliss-reactive ketones (excluding diaryl/α,β-unsaturated/α-hetero) is 1. The minimum atomic E-state index is -1.85. The molecule has 312 valence electrons. The maximum absolute atomic E-state index is 12.6. The Kier molecular flexibility index (Phi) is 12.1. The molecule has 9 N–H and O–H groups in total. The van der Waals surface area contributed by atoms with E-state index in [1.54, 1.807) is 6.92 Å². The predicted molar refractivity (Wildman–Crippen MR) is 188 cm³/mol. The molecule has 3 aliphatic heterocycles. The van der Waals surface area contributed by atoms with Crippen LogP contribution >= 0.6 is 0 Å². The van der Waals surface area contributed by atoms with Gasteiger partial charge in [0.2, 0.25) is 0 Å². The van der Waals surface area contributed by atoms with Crippen LogP contribution < -0.4 is 0 Å². The van der Waals surface area contributed by atoms with E-state index < -0.39 is 111 Å². The van der Waals surface area contributed by atoms with Crippen LogP contribution in [0.1, 0.15) is 72.6 Å². The molecule has 7 aliphatic rings. The summed E-state index contributed by atoms with van der Waals surface area (Å²) >= 11 is 0. The van der Waals surface area contributed by atoms with E-state index in [4.69, 9.17) is 28.4 Å². The number of rotatable bonds is 9. The summed E-state index contributed by atoms with van der Waals surface area (Å²) in [6.07, 6.45) is -13.4. The number of carbonyl (C=O) groups is 1. The fraction of sp³-hybridized carbons (Fsp3) is 0.872. The Balaban J connectivity index is 1.14. The molecule has 0 aromatic carbocycles. The second-order valence-corrected chi connectivity index (χ2v) is 17.4. The summed E-state index contributed by atoms with van der Waals surface area (Å²) in [7, 11) is 0. The lowest BCUT2D eigenvalue weighted by atomic mass is 9.47. The van der Waals surface area contributed by atoms with Crippen molar-refractivity contribution in [2.45, 2.75) is 171 Å². The zero-order valence-corrected chi connectivity index (χ0v) is 31.9. The topological polar surface area (TPSA) is 255 Å². The zero-order valence-electron chi connectivity index (χ0n) is 31.9. The quantitative estimate of drug-likeness (QED) is 0.126. The van der Waals surface area contributed by atoms with Gasteiger partial charge in [0.15, 0.2) is 24.7 Å². The van der Waals surface area contributed by atoms with Crippen LogP contribution in [0.5, 0.6) is 0 Å². The smallest absolute Gasteiger partial charge is 0.187 e. The van der Waals surface area contributed by atoms with E-state index in [0.29, 0.717) is 30.6 Å². The van der Waals surface area contributed by atoms with E-state index in [2.05, 4.69) is 26.0 Å². The number of hydrogen-bond acceptors (Lipinski definition) is 16. The van der Waals surface area contributed by atoms with Crippen LogP contribution in [0.4, 0.5) is 0 Å². The number of fused-ring (bicyclic) bond motifs is 5. The summed E-state index contributed by atoms with van der Waals surface area (Å²) in [6.45, 7) is 6.31. The molecule has 4 aliphatic carbocycles. The van der Waals surface area contributed by atoms with Crippen LogP contribution in [0.25, 0.3) is 0 Å². The first-order chi connectivity index (χ1) is 26.0. The molecule has 55 heavy (non-hydrogen) atoms. The van der Waals surface area contributed by atoms with Crippen molar-refractivity contribution >= 4 is 5.78 Å². The molecule has 5 fully saturated rings. The number of ether oxygens (including phenoxy) is 6. The third-order valence-corrected chi connectivity index (χ3v) is 14.4. The molecule has 0 aromatic heterocycles. The van der Waals surface area contributed by atoms with Crippen LogP contribution in [0.2, 0.25) is 0 Å². The molecule has 2 saturated carbocycles. The fourth-order valence-corrected chi connectivity index (χ4v) is 11.1. The molecule has 3 saturated heterocycles. The third-order valence-electron chi connectivity index (χ3n) is 14.4. The Morgan fingerprint density at radius 2 is 1.29 bits per heavy atom. The van der Waals surface area contributed by atoms with Gasteiger partial charge in [-0.25, -0.2) is 0 Å². The number of carbonyl (C=O) groups excluding carboxylic acids is 1. The van der Waals surface area contributed by atoms with Gasteiger partial charge in [-0.1, -0.05) is 31.6 Å². The van der Waals surface area contributed by atoms with Crippen LogP contribution in [-0.2, 0) is 33.2 Å². The first kappa shape index (κ1) is 41.7. The molecule has 0 aromatic rings. The Morgan fingerprint density at radius 1 is 0.691 bits per heavy atom. The predicted octanol–water partition coefficient (Wildman–Crippen LogP) is -1.06. The number of aliphatic hydroxyl groups excluding tert-OH is 9. The van der Waals surface area contributed by atoms with Crippen LogP contribution in [0.15, 0.2) is 23.3 Å². The largest absolute Gasteiger partial charge is 0.394 e. The number of ketones is 1. The lowest BCUT2D eigenvalue weighted by Crippen LogP contribution is -2.67. The minimum Gasteiger partial charge on any atom is -0.394 e. The van der Waals surface area contributed by atoms with Gasteiger partial charge in [-0.2, -0.15) is 0 Å². The van der Waals surface area contributed by atoms with E-state index in [1.165, 1.54) is 12.5 Å². The fourth-order valence-electron chi connectivity index (χ4n) is 11.1. The van der Waals surface area contributed by atoms with Gasteiger partial charge in [0.25, 0.3) is 0 Å². The van der Waals surface area contributed by atoms with Gasteiger partial charge < -0.3 is 74.4 Å². The minimum absolute atomic E-state index is 0.0852. The molecule has 21 atom stereocenters. The van der Waals surface area contributed by atoms with E-state index >= 15 is 0 Å². The van der Waals surface area contributed by atoms with E-state index in [0.717, 1.165) is 37.7 Å². The SMILES string of the molecule is CC(=O)C1=CC[C@H]2[C@@H]3CC=C4C[C@@H](O[C@@H]5O[C@H](CO)[C@@H](O)[C@H](O[C@@H]6O[C@H](CO)[C@@H](O)[C@H](O)[C@H]6O)[C@H]5O[C@@H]5O[C@@H](C)[C@H](O)[C@@H](O)[C@H]5O)CC[C@]4(C)[C@H]3CC[C@]12C. The first-order valence-electron chi connectivity index (χ1n) is 19.9. The Hall–Kier alpha value is -1.45. The maximum atomic E-state index is 12.6. The zero-order chi connectivity index (χ0) is 39.7. The van der Waals surface area contributed by atoms with E-state index in [1.807, 2.05) is 0 Å². The first-order valence-corrected chi connectivity index (χ1v) is 19.9. The molecule has 0 bridgehead atoms. The van der Waals surface area contributed by atoms with Crippen molar-refractivity contribution in [2.75, 3.05) is 13.2 Å². The highest BCUT2D eigenvalue weighted by molar-refractivity contribution is 5.95. The average Bonchev–Trinajstić information content (AvgIpc) is 3.52. The van der Waals surface area contributed by atoms with Gasteiger partial charge in [-0.05, 0) is 93.0 Å². The number of aliphatic hydroxyl groups is 9. The highest BCUT2D eigenvalue weighted by Crippen LogP contribution is 2.65. The monoisotopic (exact) mass is 784 g/mol. The van der Waals surface area contributed by atoms with Crippen LogP contribution in [0, 0.1) is 28.6 Å². The lowest BCUT2D eigenvalue weighted by Gasteiger charge is -2.58. The summed E-state index contributed by atoms with van der Waals surface area (Å²) in [5.74, 6) is 1.45. The van der Waals surface area contributed by atoms with Gasteiger partial charge in [0, 0.05) is 0 Å². The van der Waals surface area contributed by atoms with Crippen molar-refractivity contribution in [3.8, 4) is 0 Å². The number of hydrogen-bond donors (Lipinski definition) is 9. The van der Waals surface area contributed by atoms with Crippen LogP contribution in [-0.4, -0.2) is 163 Å². The molecule has 0 unspecified atom stereocenters. The van der Waals surface area contributed by atoms with Crippen molar-refractivity contribution in [3.63, 3.8) is 0 Å². The molecule has 7 rings (SSSR count). The highest BCUT2D eigenvalue weighted by atomic mass is 16.8.